The maximum Gasteiger partial charge on any atom is 0.139 e. The van der Waals surface area contributed by atoms with E-state index in [9.17, 15) is 0 Å². The number of rotatable bonds is 1. The van der Waals surface area contributed by atoms with Crippen LogP contribution in [0.4, 0.5) is 0 Å². The van der Waals surface area contributed by atoms with Crippen LogP contribution in [0.2, 0.25) is 0 Å². The first-order valence-electron chi connectivity index (χ1n) is 7.18. The molecular weight excluding hydrogens is 246 g/mol. The molecule has 0 aliphatic heterocycles. The van der Waals surface area contributed by atoms with Gasteiger partial charge in [-0.1, -0.05) is 24.3 Å². The van der Waals surface area contributed by atoms with Crippen molar-refractivity contribution in [2.75, 3.05) is 0 Å². The summed E-state index contributed by atoms with van der Waals surface area (Å²) in [6.07, 6.45) is 3.43. The zero-order valence-corrected chi connectivity index (χ0v) is 11.8. The van der Waals surface area contributed by atoms with Crippen molar-refractivity contribution >= 4 is 10.8 Å². The minimum absolute atomic E-state index is 1.01. The average molecular weight is 263 g/mol. The molecule has 3 aromatic rings. The van der Waals surface area contributed by atoms with Crippen molar-refractivity contribution < 1.29 is 0 Å². The van der Waals surface area contributed by atoms with Crippen LogP contribution < -0.4 is 0 Å². The number of aryl methyl sites for hydroxylation is 3. The lowest BCUT2D eigenvalue weighted by atomic mass is 10.1. The molecule has 3 heteroatoms. The highest BCUT2D eigenvalue weighted by molar-refractivity contribution is 5.85. The molecule has 0 fully saturated rings. The molecule has 20 heavy (non-hydrogen) atoms. The molecule has 4 rings (SSSR count). The van der Waals surface area contributed by atoms with E-state index in [1.54, 1.807) is 0 Å². The average Bonchev–Trinajstić information content (AvgIpc) is 2.98. The Bertz CT molecular complexity index is 814. The van der Waals surface area contributed by atoms with Gasteiger partial charge >= 0.3 is 0 Å². The summed E-state index contributed by atoms with van der Waals surface area (Å²) in [5.74, 6) is 2.06. The second-order valence-corrected chi connectivity index (χ2v) is 5.53. The van der Waals surface area contributed by atoms with Gasteiger partial charge in [0, 0.05) is 16.8 Å². The van der Waals surface area contributed by atoms with Gasteiger partial charge in [0.1, 0.15) is 11.6 Å². The third-order valence-electron chi connectivity index (χ3n) is 4.20. The van der Waals surface area contributed by atoms with Crippen molar-refractivity contribution in [3.8, 4) is 5.82 Å². The maximum atomic E-state index is 4.81. The molecule has 0 saturated heterocycles. The van der Waals surface area contributed by atoms with Gasteiger partial charge in [-0.2, -0.15) is 0 Å². The standard InChI is InChI=1S/C17H17N3/c1-11-14-7-4-3-6-13(14)10-17(18-11)20-12(2)19-15-8-5-9-16(15)20/h3-4,6-7,10H,5,8-9H2,1-2H3. The molecular formula is C17H17N3. The largest absolute Gasteiger partial charge is 0.285 e. The van der Waals surface area contributed by atoms with Crippen LogP contribution in [0.25, 0.3) is 16.6 Å². The Kier molecular flexibility index (Phi) is 2.43. The zero-order valence-electron chi connectivity index (χ0n) is 11.8. The summed E-state index contributed by atoms with van der Waals surface area (Å²) in [4.78, 5) is 9.51. The van der Waals surface area contributed by atoms with Crippen LogP contribution in [-0.2, 0) is 12.8 Å². The summed E-state index contributed by atoms with van der Waals surface area (Å²) < 4.78 is 2.24. The van der Waals surface area contributed by atoms with Crippen molar-refractivity contribution in [2.24, 2.45) is 0 Å². The van der Waals surface area contributed by atoms with Crippen LogP contribution in [0.3, 0.4) is 0 Å². The minimum Gasteiger partial charge on any atom is -0.285 e. The molecule has 0 atom stereocenters. The Morgan fingerprint density at radius 3 is 2.80 bits per heavy atom. The molecule has 2 heterocycles. The Hall–Kier alpha value is -2.16. The molecule has 100 valence electrons. The van der Waals surface area contributed by atoms with Gasteiger partial charge in [-0.05, 0) is 44.6 Å². The molecule has 1 aliphatic carbocycles. The number of fused-ring (bicyclic) bond motifs is 2. The Labute approximate surface area is 118 Å². The lowest BCUT2D eigenvalue weighted by Crippen LogP contribution is -2.05. The number of hydrogen-bond acceptors (Lipinski definition) is 2. The first-order chi connectivity index (χ1) is 9.74. The highest BCUT2D eigenvalue weighted by Gasteiger charge is 2.21. The highest BCUT2D eigenvalue weighted by atomic mass is 15.1. The van der Waals surface area contributed by atoms with E-state index in [-0.39, 0.29) is 0 Å². The fourth-order valence-electron chi connectivity index (χ4n) is 3.29. The maximum absolute atomic E-state index is 4.81. The van der Waals surface area contributed by atoms with E-state index in [1.165, 1.54) is 28.6 Å². The number of imidazole rings is 1. The lowest BCUT2D eigenvalue weighted by Gasteiger charge is -2.11. The number of hydrogen-bond donors (Lipinski definition) is 0. The Morgan fingerprint density at radius 2 is 1.90 bits per heavy atom. The van der Waals surface area contributed by atoms with E-state index >= 15 is 0 Å². The summed E-state index contributed by atoms with van der Waals surface area (Å²) in [5.41, 5.74) is 3.69. The fraction of sp³-hybridized carbons (Fsp3) is 0.294. The zero-order chi connectivity index (χ0) is 13.7. The topological polar surface area (TPSA) is 30.7 Å². The molecule has 0 unspecified atom stereocenters. The molecule has 3 nitrogen and oxygen atoms in total. The smallest absolute Gasteiger partial charge is 0.139 e. The van der Waals surface area contributed by atoms with Gasteiger partial charge in [-0.25, -0.2) is 9.97 Å². The van der Waals surface area contributed by atoms with Gasteiger partial charge in [-0.15, -0.1) is 0 Å². The van der Waals surface area contributed by atoms with Gasteiger partial charge in [-0.3, -0.25) is 4.57 Å². The number of nitrogens with zero attached hydrogens (tertiary/aromatic N) is 3. The third-order valence-corrected chi connectivity index (χ3v) is 4.20. The summed E-state index contributed by atoms with van der Waals surface area (Å²) in [7, 11) is 0. The van der Waals surface area contributed by atoms with Gasteiger partial charge in [0.05, 0.1) is 5.69 Å². The highest BCUT2D eigenvalue weighted by Crippen LogP contribution is 2.27. The summed E-state index contributed by atoms with van der Waals surface area (Å²) in [6, 6.07) is 10.6. The van der Waals surface area contributed by atoms with Crippen LogP contribution in [-0.4, -0.2) is 14.5 Å². The van der Waals surface area contributed by atoms with Crippen molar-refractivity contribution in [3.05, 3.63) is 53.2 Å². The lowest BCUT2D eigenvalue weighted by molar-refractivity contribution is 0.810. The number of pyridine rings is 1. The molecule has 0 saturated carbocycles. The first-order valence-corrected chi connectivity index (χ1v) is 7.18. The normalized spacial score (nSPS) is 13.9. The Balaban J connectivity index is 1.99. The van der Waals surface area contributed by atoms with Crippen LogP contribution in [0, 0.1) is 13.8 Å². The molecule has 1 aliphatic rings. The van der Waals surface area contributed by atoms with Crippen molar-refractivity contribution in [3.63, 3.8) is 0 Å². The fourth-order valence-corrected chi connectivity index (χ4v) is 3.29. The monoisotopic (exact) mass is 263 g/mol. The van der Waals surface area contributed by atoms with Gasteiger partial charge in [0.25, 0.3) is 0 Å². The van der Waals surface area contributed by atoms with Gasteiger partial charge in [0.2, 0.25) is 0 Å². The molecule has 0 N–H and O–H groups in total. The molecule has 0 bridgehead atoms. The molecule has 2 aromatic heterocycles. The van der Waals surface area contributed by atoms with Crippen LogP contribution >= 0.6 is 0 Å². The molecule has 0 radical (unpaired) electrons. The van der Waals surface area contributed by atoms with E-state index in [0.717, 1.165) is 30.2 Å². The van der Waals surface area contributed by atoms with Crippen molar-refractivity contribution in [1.29, 1.82) is 0 Å². The van der Waals surface area contributed by atoms with Crippen LogP contribution in [0.5, 0.6) is 0 Å². The first kappa shape index (κ1) is 11.6. The molecule has 1 aromatic carbocycles. The SMILES string of the molecule is Cc1nc(-n2c(C)nc3c2CCC3)cc2ccccc12. The minimum atomic E-state index is 1.01. The summed E-state index contributed by atoms with van der Waals surface area (Å²) >= 11 is 0. The molecule has 0 spiro atoms. The third kappa shape index (κ3) is 1.59. The Morgan fingerprint density at radius 1 is 1.05 bits per heavy atom. The van der Waals surface area contributed by atoms with Gasteiger partial charge < -0.3 is 0 Å². The number of aromatic nitrogens is 3. The summed E-state index contributed by atoms with van der Waals surface area (Å²) in [6.45, 7) is 4.16. The van der Waals surface area contributed by atoms with E-state index in [2.05, 4.69) is 48.7 Å². The predicted octanol–water partition coefficient (Wildman–Crippen LogP) is 3.53. The van der Waals surface area contributed by atoms with E-state index in [4.69, 9.17) is 9.97 Å². The summed E-state index contributed by atoms with van der Waals surface area (Å²) in [5, 5.41) is 2.47. The van der Waals surface area contributed by atoms with Crippen LogP contribution in [0.1, 0.15) is 29.3 Å². The second-order valence-electron chi connectivity index (χ2n) is 5.53. The van der Waals surface area contributed by atoms with E-state index in [0.29, 0.717) is 0 Å². The quantitative estimate of drug-likeness (QED) is 0.672. The predicted molar refractivity (Wildman–Crippen MR) is 80.4 cm³/mol. The van der Waals surface area contributed by atoms with E-state index in [1.807, 2.05) is 0 Å². The van der Waals surface area contributed by atoms with Crippen LogP contribution in [0.15, 0.2) is 30.3 Å². The van der Waals surface area contributed by atoms with Crippen molar-refractivity contribution in [2.45, 2.75) is 33.1 Å². The van der Waals surface area contributed by atoms with E-state index < -0.39 is 0 Å². The molecule has 0 amide bonds. The number of benzene rings is 1. The second kappa shape index (κ2) is 4.17. The van der Waals surface area contributed by atoms with Gasteiger partial charge in [0.15, 0.2) is 0 Å². The van der Waals surface area contributed by atoms with Crippen molar-refractivity contribution in [1.82, 2.24) is 14.5 Å².